The highest BCUT2D eigenvalue weighted by molar-refractivity contribution is 7.13. The third-order valence-electron chi connectivity index (χ3n) is 3.92. The van der Waals surface area contributed by atoms with Gasteiger partial charge in [-0.15, -0.1) is 11.3 Å². The lowest BCUT2D eigenvalue weighted by atomic mass is 10.1. The number of nitrogens with zero attached hydrogens (tertiary/aromatic N) is 3. The molecular weight excluding hydrogens is 375 g/mol. The van der Waals surface area contributed by atoms with Crippen molar-refractivity contribution < 1.29 is 18.0 Å². The second-order valence-corrected chi connectivity index (χ2v) is 6.87. The highest BCUT2D eigenvalue weighted by Crippen LogP contribution is 2.29. The van der Waals surface area contributed by atoms with Crippen molar-refractivity contribution >= 4 is 17.2 Å². The summed E-state index contributed by atoms with van der Waals surface area (Å²) in [6, 6.07) is 8.53. The summed E-state index contributed by atoms with van der Waals surface area (Å²) in [4.78, 5) is 22.4. The SMILES string of the molecule is CN(Cc1ccc(C(F)(F)F)cc1)C(=O)Cc1csc(-c2cccnc2)n1. The van der Waals surface area contributed by atoms with Gasteiger partial charge in [0.2, 0.25) is 5.91 Å². The topological polar surface area (TPSA) is 46.1 Å². The van der Waals surface area contributed by atoms with E-state index in [1.807, 2.05) is 17.5 Å². The van der Waals surface area contributed by atoms with E-state index >= 15 is 0 Å². The summed E-state index contributed by atoms with van der Waals surface area (Å²) in [7, 11) is 1.62. The summed E-state index contributed by atoms with van der Waals surface area (Å²) in [5.74, 6) is -0.155. The minimum absolute atomic E-state index is 0.133. The molecular formula is C19H16F3N3OS. The van der Waals surface area contributed by atoms with Crippen LogP contribution in [0.4, 0.5) is 13.2 Å². The molecule has 3 rings (SSSR count). The van der Waals surface area contributed by atoms with Crippen LogP contribution in [0.5, 0.6) is 0 Å². The number of likely N-dealkylation sites (N-methyl/N-ethyl adjacent to an activating group) is 1. The maximum absolute atomic E-state index is 12.6. The molecule has 2 aromatic heterocycles. The van der Waals surface area contributed by atoms with Gasteiger partial charge in [-0.05, 0) is 29.8 Å². The number of carbonyl (C=O) groups excluding carboxylic acids is 1. The van der Waals surface area contributed by atoms with Crippen molar-refractivity contribution in [2.75, 3.05) is 7.05 Å². The predicted octanol–water partition coefficient (Wildman–Crippen LogP) is 4.43. The number of hydrogen-bond acceptors (Lipinski definition) is 4. The number of hydrogen-bond donors (Lipinski definition) is 0. The maximum atomic E-state index is 12.6. The van der Waals surface area contributed by atoms with Gasteiger partial charge in [0.25, 0.3) is 0 Å². The van der Waals surface area contributed by atoms with E-state index in [9.17, 15) is 18.0 Å². The molecule has 0 bridgehead atoms. The van der Waals surface area contributed by atoms with E-state index in [0.29, 0.717) is 11.3 Å². The molecule has 0 N–H and O–H groups in total. The van der Waals surface area contributed by atoms with Gasteiger partial charge in [0.15, 0.2) is 0 Å². The Hall–Kier alpha value is -2.74. The Morgan fingerprint density at radius 1 is 1.19 bits per heavy atom. The van der Waals surface area contributed by atoms with Gasteiger partial charge >= 0.3 is 6.18 Å². The Labute approximate surface area is 158 Å². The summed E-state index contributed by atoms with van der Waals surface area (Å²) in [6.07, 6.45) is -0.844. The van der Waals surface area contributed by atoms with E-state index in [1.165, 1.54) is 28.4 Å². The van der Waals surface area contributed by atoms with Crippen LogP contribution in [0.25, 0.3) is 10.6 Å². The number of amides is 1. The Morgan fingerprint density at radius 2 is 1.93 bits per heavy atom. The van der Waals surface area contributed by atoms with Crippen molar-refractivity contribution in [2.24, 2.45) is 0 Å². The van der Waals surface area contributed by atoms with E-state index in [1.54, 1.807) is 19.4 Å². The molecule has 0 atom stereocenters. The first-order valence-electron chi connectivity index (χ1n) is 8.08. The minimum Gasteiger partial charge on any atom is -0.341 e. The van der Waals surface area contributed by atoms with E-state index < -0.39 is 11.7 Å². The van der Waals surface area contributed by atoms with Crippen LogP contribution in [0.3, 0.4) is 0 Å². The maximum Gasteiger partial charge on any atom is 0.416 e. The molecule has 0 aliphatic heterocycles. The van der Waals surface area contributed by atoms with Crippen LogP contribution in [-0.2, 0) is 23.9 Å². The molecule has 4 nitrogen and oxygen atoms in total. The molecule has 0 spiro atoms. The van der Waals surface area contributed by atoms with Gasteiger partial charge in [-0.3, -0.25) is 9.78 Å². The van der Waals surface area contributed by atoms with Crippen molar-refractivity contribution in [3.63, 3.8) is 0 Å². The number of aromatic nitrogens is 2. The number of pyridine rings is 1. The Morgan fingerprint density at radius 3 is 2.56 bits per heavy atom. The first-order valence-corrected chi connectivity index (χ1v) is 8.96. The fraction of sp³-hybridized carbons (Fsp3) is 0.211. The molecule has 8 heteroatoms. The zero-order valence-corrected chi connectivity index (χ0v) is 15.2. The summed E-state index contributed by atoms with van der Waals surface area (Å²) in [5.41, 5.74) is 1.47. The molecule has 0 aliphatic carbocycles. The van der Waals surface area contributed by atoms with E-state index in [4.69, 9.17) is 0 Å². The third kappa shape index (κ3) is 4.91. The molecule has 0 aliphatic rings. The van der Waals surface area contributed by atoms with Crippen LogP contribution in [-0.4, -0.2) is 27.8 Å². The molecule has 1 amide bonds. The first-order chi connectivity index (χ1) is 12.8. The lowest BCUT2D eigenvalue weighted by Crippen LogP contribution is -2.27. The molecule has 0 radical (unpaired) electrons. The second-order valence-electron chi connectivity index (χ2n) is 6.01. The standard InChI is InChI=1S/C19H16F3N3OS/c1-25(11-13-4-6-15(7-5-13)19(20,21)22)17(26)9-16-12-27-18(24-16)14-3-2-8-23-10-14/h2-8,10,12H,9,11H2,1H3. The van der Waals surface area contributed by atoms with E-state index in [-0.39, 0.29) is 18.9 Å². The highest BCUT2D eigenvalue weighted by atomic mass is 32.1. The summed E-state index contributed by atoms with van der Waals surface area (Å²) < 4.78 is 37.8. The predicted molar refractivity (Wildman–Crippen MR) is 97.0 cm³/mol. The van der Waals surface area contributed by atoms with Crippen molar-refractivity contribution in [2.45, 2.75) is 19.1 Å². The monoisotopic (exact) mass is 391 g/mol. The average molecular weight is 391 g/mol. The Bertz CT molecular complexity index is 908. The van der Waals surface area contributed by atoms with Crippen molar-refractivity contribution in [3.05, 3.63) is 71.0 Å². The number of halogens is 3. The number of alkyl halides is 3. The summed E-state index contributed by atoms with van der Waals surface area (Å²) in [6.45, 7) is 0.233. The van der Waals surface area contributed by atoms with Gasteiger partial charge in [-0.2, -0.15) is 13.2 Å². The van der Waals surface area contributed by atoms with Gasteiger partial charge in [0, 0.05) is 36.9 Å². The van der Waals surface area contributed by atoms with E-state index in [2.05, 4.69) is 9.97 Å². The summed E-state index contributed by atoms with van der Waals surface area (Å²) >= 11 is 1.44. The van der Waals surface area contributed by atoms with Crippen molar-refractivity contribution in [1.82, 2.24) is 14.9 Å². The van der Waals surface area contributed by atoms with Crippen LogP contribution >= 0.6 is 11.3 Å². The number of carbonyl (C=O) groups is 1. The Balaban J connectivity index is 1.60. The number of rotatable bonds is 5. The van der Waals surface area contributed by atoms with Crippen molar-refractivity contribution in [1.29, 1.82) is 0 Å². The van der Waals surface area contributed by atoms with Gasteiger partial charge in [-0.1, -0.05) is 12.1 Å². The zero-order chi connectivity index (χ0) is 19.4. The van der Waals surface area contributed by atoms with Crippen LogP contribution in [0.15, 0.2) is 54.2 Å². The van der Waals surface area contributed by atoms with Gasteiger partial charge in [-0.25, -0.2) is 4.98 Å². The van der Waals surface area contributed by atoms with E-state index in [0.717, 1.165) is 22.7 Å². The largest absolute Gasteiger partial charge is 0.416 e. The summed E-state index contributed by atoms with van der Waals surface area (Å²) in [5, 5.41) is 2.61. The quantitative estimate of drug-likeness (QED) is 0.647. The number of benzene rings is 1. The highest BCUT2D eigenvalue weighted by Gasteiger charge is 2.30. The number of thiazole rings is 1. The van der Waals surface area contributed by atoms with Gasteiger partial charge in [0.1, 0.15) is 5.01 Å². The molecule has 0 unspecified atom stereocenters. The molecule has 0 saturated carbocycles. The fourth-order valence-corrected chi connectivity index (χ4v) is 3.27. The van der Waals surface area contributed by atoms with Crippen LogP contribution in [0.1, 0.15) is 16.8 Å². The smallest absolute Gasteiger partial charge is 0.341 e. The average Bonchev–Trinajstić information content (AvgIpc) is 3.10. The zero-order valence-electron chi connectivity index (χ0n) is 14.4. The Kier molecular flexibility index (Phi) is 5.55. The normalized spacial score (nSPS) is 11.4. The molecule has 27 heavy (non-hydrogen) atoms. The molecule has 2 heterocycles. The van der Waals surface area contributed by atoms with Crippen LogP contribution in [0, 0.1) is 0 Å². The van der Waals surface area contributed by atoms with Crippen molar-refractivity contribution in [3.8, 4) is 10.6 Å². The first kappa shape index (κ1) is 19.0. The van der Waals surface area contributed by atoms with Crippen LogP contribution in [0.2, 0.25) is 0 Å². The molecule has 3 aromatic rings. The lowest BCUT2D eigenvalue weighted by molar-refractivity contribution is -0.137. The molecule has 0 saturated heterocycles. The molecule has 1 aromatic carbocycles. The van der Waals surface area contributed by atoms with Crippen LogP contribution < -0.4 is 0 Å². The fourth-order valence-electron chi connectivity index (χ4n) is 2.46. The molecule has 0 fully saturated rings. The van der Waals surface area contributed by atoms with Gasteiger partial charge in [0.05, 0.1) is 17.7 Å². The molecule has 140 valence electrons. The third-order valence-corrected chi connectivity index (χ3v) is 4.86. The van der Waals surface area contributed by atoms with Gasteiger partial charge < -0.3 is 4.90 Å². The second kappa shape index (κ2) is 7.87. The minimum atomic E-state index is -4.36. The lowest BCUT2D eigenvalue weighted by Gasteiger charge is -2.17.